The number of hydrogen-bond acceptors (Lipinski definition) is 4. The van der Waals surface area contributed by atoms with E-state index in [0.29, 0.717) is 17.6 Å². The fourth-order valence-electron chi connectivity index (χ4n) is 2.48. The van der Waals surface area contributed by atoms with Crippen molar-refractivity contribution in [3.63, 3.8) is 0 Å². The maximum absolute atomic E-state index is 5.52. The molecule has 2 aromatic rings. The number of aryl methyl sites for hydroxylation is 1. The topological polar surface area (TPSA) is 51.0 Å². The van der Waals surface area contributed by atoms with Crippen molar-refractivity contribution in [1.82, 2.24) is 15.5 Å². The van der Waals surface area contributed by atoms with Gasteiger partial charge in [-0.3, -0.25) is 0 Å². The Balaban J connectivity index is 2.33. The van der Waals surface area contributed by atoms with Crippen molar-refractivity contribution in [3.8, 4) is 11.4 Å². The number of nitrogens with one attached hydrogen (secondary N) is 1. The van der Waals surface area contributed by atoms with Crippen LogP contribution in [0.2, 0.25) is 0 Å². The molecule has 1 aromatic carbocycles. The molecule has 0 spiro atoms. The smallest absolute Gasteiger partial charge is 0.231 e. The minimum atomic E-state index is 0.199. The van der Waals surface area contributed by atoms with Gasteiger partial charge in [0, 0.05) is 16.1 Å². The van der Waals surface area contributed by atoms with Crippen LogP contribution >= 0.6 is 15.9 Å². The standard InChI is InChI=1S/C16H22BrN3O/c1-9(2)14(11(4)18-5)16-19-15(20-21-16)12-7-6-10(3)13(17)8-12/h6-9,11,14,18H,1-5H3. The Hall–Kier alpha value is -1.20. The summed E-state index contributed by atoms with van der Waals surface area (Å²) in [5.41, 5.74) is 2.15. The molecule has 0 radical (unpaired) electrons. The summed E-state index contributed by atoms with van der Waals surface area (Å²) in [6.45, 7) is 8.53. The van der Waals surface area contributed by atoms with Crippen LogP contribution in [0.25, 0.3) is 11.4 Å². The molecule has 2 unspecified atom stereocenters. The lowest BCUT2D eigenvalue weighted by Crippen LogP contribution is -2.32. The molecule has 0 amide bonds. The maximum atomic E-state index is 5.52. The summed E-state index contributed by atoms with van der Waals surface area (Å²) < 4.78 is 6.57. The molecule has 1 heterocycles. The average Bonchev–Trinajstić information content (AvgIpc) is 2.90. The maximum Gasteiger partial charge on any atom is 0.231 e. The van der Waals surface area contributed by atoms with Crippen molar-refractivity contribution in [2.45, 2.75) is 39.7 Å². The second-order valence-corrected chi connectivity index (χ2v) is 6.62. The van der Waals surface area contributed by atoms with Gasteiger partial charge in [0.05, 0.1) is 5.92 Å². The molecule has 1 aromatic heterocycles. The highest BCUT2D eigenvalue weighted by Gasteiger charge is 2.27. The molecule has 0 saturated heterocycles. The molecular weight excluding hydrogens is 330 g/mol. The third-order valence-corrected chi connectivity index (χ3v) is 4.72. The first kappa shape index (κ1) is 16.2. The van der Waals surface area contributed by atoms with E-state index in [1.807, 2.05) is 25.2 Å². The Morgan fingerprint density at radius 1 is 1.24 bits per heavy atom. The van der Waals surface area contributed by atoms with Gasteiger partial charge in [0.2, 0.25) is 11.7 Å². The fourth-order valence-corrected chi connectivity index (χ4v) is 2.85. The van der Waals surface area contributed by atoms with E-state index in [9.17, 15) is 0 Å². The van der Waals surface area contributed by atoms with E-state index < -0.39 is 0 Å². The number of nitrogens with zero attached hydrogens (tertiary/aromatic N) is 2. The van der Waals surface area contributed by atoms with E-state index in [0.717, 1.165) is 10.0 Å². The highest BCUT2D eigenvalue weighted by atomic mass is 79.9. The van der Waals surface area contributed by atoms with Crippen molar-refractivity contribution < 1.29 is 4.52 Å². The van der Waals surface area contributed by atoms with Gasteiger partial charge in [-0.1, -0.05) is 47.1 Å². The number of halogens is 1. The molecule has 5 heteroatoms. The van der Waals surface area contributed by atoms with Crippen molar-refractivity contribution in [1.29, 1.82) is 0 Å². The average molecular weight is 352 g/mol. The first-order valence-corrected chi connectivity index (χ1v) is 8.00. The zero-order valence-electron chi connectivity index (χ0n) is 13.1. The minimum Gasteiger partial charge on any atom is -0.339 e. The zero-order valence-corrected chi connectivity index (χ0v) is 14.7. The zero-order chi connectivity index (χ0) is 15.6. The van der Waals surface area contributed by atoms with Crippen LogP contribution in [0.1, 0.15) is 38.1 Å². The first-order chi connectivity index (χ1) is 9.93. The third kappa shape index (κ3) is 3.52. The quantitative estimate of drug-likeness (QED) is 0.878. The summed E-state index contributed by atoms with van der Waals surface area (Å²) in [6.07, 6.45) is 0. The van der Waals surface area contributed by atoms with Gasteiger partial charge >= 0.3 is 0 Å². The Labute approximate surface area is 134 Å². The largest absolute Gasteiger partial charge is 0.339 e. The Bertz CT molecular complexity index is 609. The van der Waals surface area contributed by atoms with Gasteiger partial charge in [-0.15, -0.1) is 0 Å². The van der Waals surface area contributed by atoms with Gasteiger partial charge in [-0.2, -0.15) is 4.98 Å². The van der Waals surface area contributed by atoms with Gasteiger partial charge in [0.1, 0.15) is 0 Å². The Morgan fingerprint density at radius 2 is 1.95 bits per heavy atom. The van der Waals surface area contributed by atoms with E-state index in [-0.39, 0.29) is 12.0 Å². The van der Waals surface area contributed by atoms with E-state index in [1.54, 1.807) is 0 Å². The summed E-state index contributed by atoms with van der Waals surface area (Å²) in [7, 11) is 1.95. The van der Waals surface area contributed by atoms with Gasteiger partial charge in [0.15, 0.2) is 0 Å². The monoisotopic (exact) mass is 351 g/mol. The van der Waals surface area contributed by atoms with E-state index in [1.165, 1.54) is 5.56 Å². The summed E-state index contributed by atoms with van der Waals surface area (Å²) in [4.78, 5) is 4.60. The Morgan fingerprint density at radius 3 is 2.52 bits per heavy atom. The summed E-state index contributed by atoms with van der Waals surface area (Å²) in [5.74, 6) is 1.95. The van der Waals surface area contributed by atoms with E-state index >= 15 is 0 Å². The van der Waals surface area contributed by atoms with Crippen molar-refractivity contribution in [3.05, 3.63) is 34.1 Å². The number of hydrogen-bond donors (Lipinski definition) is 1. The summed E-state index contributed by atoms with van der Waals surface area (Å²) in [5, 5.41) is 7.42. The molecule has 114 valence electrons. The molecule has 0 aliphatic heterocycles. The number of likely N-dealkylation sites (N-methyl/N-ethyl adjacent to an activating group) is 1. The van der Waals surface area contributed by atoms with Crippen LogP contribution in [-0.2, 0) is 0 Å². The molecule has 0 aliphatic carbocycles. The number of rotatable bonds is 5. The van der Waals surface area contributed by atoms with Gasteiger partial charge in [0.25, 0.3) is 0 Å². The molecule has 0 saturated carbocycles. The van der Waals surface area contributed by atoms with Gasteiger partial charge in [-0.05, 0) is 38.4 Å². The molecule has 2 rings (SSSR count). The number of aromatic nitrogens is 2. The van der Waals surface area contributed by atoms with Gasteiger partial charge < -0.3 is 9.84 Å². The lowest BCUT2D eigenvalue weighted by Gasteiger charge is -2.23. The predicted molar refractivity (Wildman–Crippen MR) is 88.3 cm³/mol. The van der Waals surface area contributed by atoms with Gasteiger partial charge in [-0.25, -0.2) is 0 Å². The fraction of sp³-hybridized carbons (Fsp3) is 0.500. The van der Waals surface area contributed by atoms with Crippen molar-refractivity contribution in [2.24, 2.45) is 5.92 Å². The second-order valence-electron chi connectivity index (χ2n) is 5.77. The SMILES string of the molecule is CNC(C)C(c1nc(-c2ccc(C)c(Br)c2)no1)C(C)C. The molecule has 0 bridgehead atoms. The predicted octanol–water partition coefficient (Wildman–Crippen LogP) is 4.16. The molecule has 0 aliphatic rings. The second kappa shape index (κ2) is 6.71. The molecular formula is C16H22BrN3O. The molecule has 21 heavy (non-hydrogen) atoms. The van der Waals surface area contributed by atoms with Crippen LogP contribution in [0.3, 0.4) is 0 Å². The van der Waals surface area contributed by atoms with Crippen molar-refractivity contribution in [2.75, 3.05) is 7.05 Å². The van der Waals surface area contributed by atoms with E-state index in [4.69, 9.17) is 4.52 Å². The summed E-state index contributed by atoms with van der Waals surface area (Å²) in [6, 6.07) is 6.37. The van der Waals surface area contributed by atoms with E-state index in [2.05, 4.69) is 59.1 Å². The van der Waals surface area contributed by atoms with Crippen LogP contribution in [0, 0.1) is 12.8 Å². The van der Waals surface area contributed by atoms with Crippen LogP contribution in [-0.4, -0.2) is 23.2 Å². The molecule has 1 N–H and O–H groups in total. The molecule has 4 nitrogen and oxygen atoms in total. The highest BCUT2D eigenvalue weighted by Crippen LogP contribution is 2.29. The molecule has 2 atom stereocenters. The normalized spacial score (nSPS) is 14.4. The Kier molecular flexibility index (Phi) is 5.17. The van der Waals surface area contributed by atoms with Crippen LogP contribution in [0.5, 0.6) is 0 Å². The van der Waals surface area contributed by atoms with Crippen LogP contribution < -0.4 is 5.32 Å². The summed E-state index contributed by atoms with van der Waals surface area (Å²) >= 11 is 3.54. The van der Waals surface area contributed by atoms with Crippen LogP contribution in [0.15, 0.2) is 27.2 Å². The third-order valence-electron chi connectivity index (χ3n) is 3.87. The lowest BCUT2D eigenvalue weighted by atomic mass is 9.89. The van der Waals surface area contributed by atoms with Crippen molar-refractivity contribution >= 4 is 15.9 Å². The first-order valence-electron chi connectivity index (χ1n) is 7.21. The van der Waals surface area contributed by atoms with Crippen LogP contribution in [0.4, 0.5) is 0 Å². The lowest BCUT2D eigenvalue weighted by molar-refractivity contribution is 0.286. The molecule has 0 fully saturated rings. The highest BCUT2D eigenvalue weighted by molar-refractivity contribution is 9.10. The minimum absolute atomic E-state index is 0.199. The number of benzene rings is 1.